The zero-order valence-corrected chi connectivity index (χ0v) is 10.2. The second kappa shape index (κ2) is 4.43. The Balaban J connectivity index is 2.51. The molecule has 0 bridgehead atoms. The zero-order valence-electron chi connectivity index (χ0n) is 7.84. The van der Waals surface area contributed by atoms with Gasteiger partial charge in [-0.2, -0.15) is 0 Å². The van der Waals surface area contributed by atoms with Crippen LogP contribution >= 0.6 is 27.3 Å². The first-order valence-electron chi connectivity index (χ1n) is 4.44. The maximum absolute atomic E-state index is 13.2. The number of nitrogens with two attached hydrogens (primary N) is 1. The third kappa shape index (κ3) is 2.12. The van der Waals surface area contributed by atoms with E-state index in [1.165, 1.54) is 6.07 Å². The van der Waals surface area contributed by atoms with E-state index in [0.29, 0.717) is 5.56 Å². The van der Waals surface area contributed by atoms with E-state index in [2.05, 4.69) is 15.9 Å². The molecule has 1 nitrogen and oxygen atoms in total. The van der Waals surface area contributed by atoms with Crippen molar-refractivity contribution in [3.63, 3.8) is 0 Å². The molecule has 0 spiro atoms. The molecule has 4 heteroatoms. The van der Waals surface area contributed by atoms with Crippen LogP contribution in [0.25, 0.3) is 10.4 Å². The van der Waals surface area contributed by atoms with E-state index >= 15 is 0 Å². The van der Waals surface area contributed by atoms with Gasteiger partial charge in [-0.05, 0) is 45.1 Å². The molecule has 0 atom stereocenters. The van der Waals surface area contributed by atoms with Gasteiger partial charge in [0.2, 0.25) is 0 Å². The van der Waals surface area contributed by atoms with Crippen molar-refractivity contribution >= 4 is 27.3 Å². The number of hydrogen-bond acceptors (Lipinski definition) is 2. The Labute approximate surface area is 99.9 Å². The summed E-state index contributed by atoms with van der Waals surface area (Å²) < 4.78 is 14.3. The van der Waals surface area contributed by atoms with Crippen LogP contribution in [-0.4, -0.2) is 0 Å². The summed E-state index contributed by atoms with van der Waals surface area (Å²) in [4.78, 5) is 1.10. The first kappa shape index (κ1) is 10.8. The summed E-state index contributed by atoms with van der Waals surface area (Å²) >= 11 is 5.07. The molecule has 0 fully saturated rings. The van der Waals surface area contributed by atoms with Gasteiger partial charge in [0.1, 0.15) is 5.82 Å². The average Bonchev–Trinajstić information content (AvgIpc) is 2.65. The lowest BCUT2D eigenvalue weighted by Gasteiger charge is -2.03. The van der Waals surface area contributed by atoms with Gasteiger partial charge in [0.15, 0.2) is 0 Å². The van der Waals surface area contributed by atoms with E-state index in [9.17, 15) is 4.39 Å². The summed E-state index contributed by atoms with van der Waals surface area (Å²) in [5.74, 6) is -0.242. The van der Waals surface area contributed by atoms with Gasteiger partial charge in [0.05, 0.1) is 0 Å². The molecule has 0 radical (unpaired) electrons. The largest absolute Gasteiger partial charge is 0.326 e. The predicted molar refractivity (Wildman–Crippen MR) is 65.3 cm³/mol. The normalized spacial score (nSPS) is 10.6. The van der Waals surface area contributed by atoms with Crippen molar-refractivity contribution < 1.29 is 4.39 Å². The van der Waals surface area contributed by atoms with Gasteiger partial charge < -0.3 is 5.73 Å². The summed E-state index contributed by atoms with van der Waals surface area (Å²) in [6, 6.07) is 7.01. The molecule has 0 amide bonds. The molecule has 1 heterocycles. The van der Waals surface area contributed by atoms with Gasteiger partial charge in [-0.3, -0.25) is 0 Å². The first-order valence-corrected chi connectivity index (χ1v) is 6.11. The number of thiophene rings is 1. The molecule has 2 rings (SSSR count). The fraction of sp³-hybridized carbons (Fsp3) is 0.0909. The van der Waals surface area contributed by atoms with Crippen LogP contribution in [0.3, 0.4) is 0 Å². The number of benzene rings is 1. The molecule has 78 valence electrons. The van der Waals surface area contributed by atoms with Crippen LogP contribution < -0.4 is 5.73 Å². The van der Waals surface area contributed by atoms with E-state index < -0.39 is 0 Å². The van der Waals surface area contributed by atoms with Crippen LogP contribution in [-0.2, 0) is 6.54 Å². The van der Waals surface area contributed by atoms with Crippen molar-refractivity contribution in [3.05, 3.63) is 45.5 Å². The maximum atomic E-state index is 13.2. The summed E-state index contributed by atoms with van der Waals surface area (Å²) in [5, 5.41) is 1.99. The molecule has 0 saturated carbocycles. The minimum absolute atomic E-state index is 0.225. The highest BCUT2D eigenvalue weighted by atomic mass is 79.9. The summed E-state index contributed by atoms with van der Waals surface area (Å²) in [5.41, 5.74) is 7.01. The lowest BCUT2D eigenvalue weighted by atomic mass is 10.1. The minimum Gasteiger partial charge on any atom is -0.326 e. The van der Waals surface area contributed by atoms with Crippen LogP contribution in [0.1, 0.15) is 5.56 Å². The maximum Gasteiger partial charge on any atom is 0.127 e. The fourth-order valence-electron chi connectivity index (χ4n) is 1.37. The Morgan fingerprint density at radius 3 is 2.73 bits per heavy atom. The SMILES string of the molecule is NCc1cc(-c2sccc2Br)ccc1F. The Morgan fingerprint density at radius 1 is 1.33 bits per heavy atom. The third-order valence-electron chi connectivity index (χ3n) is 2.14. The van der Waals surface area contributed by atoms with Gasteiger partial charge in [-0.1, -0.05) is 6.07 Å². The molecule has 0 aliphatic carbocycles. The fourth-order valence-corrected chi connectivity index (χ4v) is 2.97. The Bertz CT molecular complexity index is 481. The van der Waals surface area contributed by atoms with Crippen LogP contribution in [0.5, 0.6) is 0 Å². The lowest BCUT2D eigenvalue weighted by Crippen LogP contribution is -1.99. The molecule has 1 aromatic carbocycles. The number of rotatable bonds is 2. The molecule has 2 aromatic rings. The predicted octanol–water partition coefficient (Wildman–Crippen LogP) is 3.78. The Kier molecular flexibility index (Phi) is 3.19. The molecule has 1 aromatic heterocycles. The van der Waals surface area contributed by atoms with Gasteiger partial charge in [-0.15, -0.1) is 11.3 Å². The van der Waals surface area contributed by atoms with Crippen molar-refractivity contribution in [2.24, 2.45) is 5.73 Å². The second-order valence-electron chi connectivity index (χ2n) is 3.11. The summed E-state index contributed by atoms with van der Waals surface area (Å²) in [7, 11) is 0. The van der Waals surface area contributed by atoms with E-state index in [4.69, 9.17) is 5.73 Å². The molecular weight excluding hydrogens is 277 g/mol. The van der Waals surface area contributed by atoms with Gasteiger partial charge in [0.25, 0.3) is 0 Å². The molecule has 0 unspecified atom stereocenters. The van der Waals surface area contributed by atoms with Crippen molar-refractivity contribution in [1.29, 1.82) is 0 Å². The standard InChI is InChI=1S/C11H9BrFNS/c12-9-3-4-15-11(9)7-1-2-10(13)8(5-7)6-14/h1-5H,6,14H2. The molecular formula is C11H9BrFNS. The van der Waals surface area contributed by atoms with Crippen molar-refractivity contribution in [3.8, 4) is 10.4 Å². The second-order valence-corrected chi connectivity index (χ2v) is 4.88. The van der Waals surface area contributed by atoms with Crippen LogP contribution in [0.15, 0.2) is 34.1 Å². The minimum atomic E-state index is -0.242. The van der Waals surface area contributed by atoms with Gasteiger partial charge >= 0.3 is 0 Å². The highest BCUT2D eigenvalue weighted by molar-refractivity contribution is 9.10. The van der Waals surface area contributed by atoms with Crippen LogP contribution in [0.2, 0.25) is 0 Å². The van der Waals surface area contributed by atoms with E-state index in [1.54, 1.807) is 23.5 Å². The molecule has 0 saturated heterocycles. The average molecular weight is 286 g/mol. The highest BCUT2D eigenvalue weighted by Crippen LogP contribution is 2.34. The Morgan fingerprint density at radius 2 is 2.13 bits per heavy atom. The van der Waals surface area contributed by atoms with E-state index in [-0.39, 0.29) is 12.4 Å². The van der Waals surface area contributed by atoms with Crippen LogP contribution in [0, 0.1) is 5.82 Å². The molecule has 15 heavy (non-hydrogen) atoms. The van der Waals surface area contributed by atoms with Crippen molar-refractivity contribution in [2.45, 2.75) is 6.54 Å². The first-order chi connectivity index (χ1) is 7.22. The van der Waals surface area contributed by atoms with Crippen molar-refractivity contribution in [1.82, 2.24) is 0 Å². The Hall–Kier alpha value is -0.710. The third-order valence-corrected chi connectivity index (χ3v) is 4.03. The topological polar surface area (TPSA) is 26.0 Å². The van der Waals surface area contributed by atoms with E-state index in [1.807, 2.05) is 11.4 Å². The number of hydrogen-bond donors (Lipinski definition) is 1. The summed E-state index contributed by atoms with van der Waals surface area (Å²) in [6.45, 7) is 0.225. The smallest absolute Gasteiger partial charge is 0.127 e. The van der Waals surface area contributed by atoms with E-state index in [0.717, 1.165) is 14.9 Å². The quantitative estimate of drug-likeness (QED) is 0.893. The van der Waals surface area contributed by atoms with Crippen molar-refractivity contribution in [2.75, 3.05) is 0 Å². The highest BCUT2D eigenvalue weighted by Gasteiger charge is 2.07. The molecule has 0 aliphatic heterocycles. The van der Waals surface area contributed by atoms with Gasteiger partial charge in [-0.25, -0.2) is 4.39 Å². The molecule has 2 N–H and O–H groups in total. The van der Waals surface area contributed by atoms with Gasteiger partial charge in [0, 0.05) is 21.5 Å². The lowest BCUT2D eigenvalue weighted by molar-refractivity contribution is 0.611. The zero-order chi connectivity index (χ0) is 10.8. The monoisotopic (exact) mass is 285 g/mol. The number of halogens is 2. The van der Waals surface area contributed by atoms with Crippen LogP contribution in [0.4, 0.5) is 4.39 Å². The summed E-state index contributed by atoms with van der Waals surface area (Å²) in [6.07, 6.45) is 0. The molecule has 0 aliphatic rings.